The summed E-state index contributed by atoms with van der Waals surface area (Å²) in [5.41, 5.74) is 3.61. The molecule has 0 fully saturated rings. The molecule has 1 heterocycles. The van der Waals surface area contributed by atoms with Crippen molar-refractivity contribution in [3.05, 3.63) is 65.2 Å². The number of halogens is 1. The molecule has 1 atom stereocenters. The predicted octanol–water partition coefficient (Wildman–Crippen LogP) is 5.28. The monoisotopic (exact) mass is 396 g/mol. The number of nitrogens with zero attached hydrogens (tertiary/aromatic N) is 2. The van der Waals surface area contributed by atoms with Gasteiger partial charge in [-0.05, 0) is 24.5 Å². The number of hydrogen-bond acceptors (Lipinski definition) is 5. The maximum absolute atomic E-state index is 9.67. The van der Waals surface area contributed by atoms with E-state index in [0.717, 1.165) is 22.5 Å². The molecule has 0 aliphatic carbocycles. The average molecular weight is 397 g/mol. The van der Waals surface area contributed by atoms with E-state index in [1.54, 1.807) is 0 Å². The SMILES string of the molecule is Cc1cccc(Cl)c1Nc1cc(-c2ccccc2)nc(N[C@H](CO)C(C)C)n1. The standard InChI is InChI=1S/C22H25ClN4O/c1-14(2)19(13-28)25-22-24-18(16-9-5-4-6-10-16)12-20(27-22)26-21-15(3)8-7-11-17(21)23/h4-12,14,19,28H,13H2,1-3H3,(H2,24,25,26,27)/t19-/m1/s1. The number of anilines is 3. The zero-order valence-corrected chi connectivity index (χ0v) is 17.0. The summed E-state index contributed by atoms with van der Waals surface area (Å²) < 4.78 is 0. The molecule has 3 rings (SSSR count). The van der Waals surface area contributed by atoms with Gasteiger partial charge in [0, 0.05) is 11.6 Å². The highest BCUT2D eigenvalue weighted by Gasteiger charge is 2.15. The Balaban J connectivity index is 2.02. The van der Waals surface area contributed by atoms with Crippen molar-refractivity contribution < 1.29 is 5.11 Å². The van der Waals surface area contributed by atoms with E-state index in [-0.39, 0.29) is 18.6 Å². The van der Waals surface area contributed by atoms with Gasteiger partial charge in [0.05, 0.1) is 29.1 Å². The van der Waals surface area contributed by atoms with Crippen molar-refractivity contribution >= 4 is 29.1 Å². The summed E-state index contributed by atoms with van der Waals surface area (Å²) in [6.45, 7) is 6.08. The lowest BCUT2D eigenvalue weighted by molar-refractivity contribution is 0.248. The quantitative estimate of drug-likeness (QED) is 0.507. The summed E-state index contributed by atoms with van der Waals surface area (Å²) >= 11 is 6.37. The second-order valence-corrected chi connectivity index (χ2v) is 7.47. The molecule has 3 N–H and O–H groups in total. The average Bonchev–Trinajstić information content (AvgIpc) is 2.69. The van der Waals surface area contributed by atoms with Crippen LogP contribution in [0.2, 0.25) is 5.02 Å². The van der Waals surface area contributed by atoms with Crippen molar-refractivity contribution in [2.24, 2.45) is 5.92 Å². The van der Waals surface area contributed by atoms with Gasteiger partial charge in [-0.15, -0.1) is 0 Å². The Labute approximate surface area is 170 Å². The van der Waals surface area contributed by atoms with Crippen LogP contribution in [-0.2, 0) is 0 Å². The van der Waals surface area contributed by atoms with E-state index in [4.69, 9.17) is 11.6 Å². The van der Waals surface area contributed by atoms with E-state index in [2.05, 4.69) is 20.6 Å². The Bertz CT molecular complexity index is 911. The van der Waals surface area contributed by atoms with Crippen LogP contribution < -0.4 is 10.6 Å². The second-order valence-electron chi connectivity index (χ2n) is 7.06. The fraction of sp³-hybridized carbons (Fsp3) is 0.273. The third kappa shape index (κ3) is 4.80. The topological polar surface area (TPSA) is 70.1 Å². The molecule has 0 unspecified atom stereocenters. The molecule has 1 aromatic heterocycles. The van der Waals surface area contributed by atoms with E-state index >= 15 is 0 Å². The lowest BCUT2D eigenvalue weighted by atomic mass is 10.1. The van der Waals surface area contributed by atoms with Crippen molar-refractivity contribution in [2.75, 3.05) is 17.2 Å². The van der Waals surface area contributed by atoms with Crippen LogP contribution in [0.5, 0.6) is 0 Å². The third-order valence-corrected chi connectivity index (χ3v) is 4.90. The molecule has 3 aromatic rings. The smallest absolute Gasteiger partial charge is 0.225 e. The van der Waals surface area contributed by atoms with Crippen molar-refractivity contribution in [1.82, 2.24) is 9.97 Å². The molecule has 0 radical (unpaired) electrons. The Morgan fingerprint density at radius 3 is 2.43 bits per heavy atom. The largest absolute Gasteiger partial charge is 0.394 e. The van der Waals surface area contributed by atoms with Gasteiger partial charge in [0.1, 0.15) is 5.82 Å². The maximum atomic E-state index is 9.67. The first-order chi connectivity index (χ1) is 13.5. The highest BCUT2D eigenvalue weighted by molar-refractivity contribution is 6.33. The lowest BCUT2D eigenvalue weighted by Crippen LogP contribution is -2.30. The normalized spacial score (nSPS) is 12.1. The Kier molecular flexibility index (Phi) is 6.49. The van der Waals surface area contributed by atoms with Gasteiger partial charge in [0.25, 0.3) is 0 Å². The minimum absolute atomic E-state index is 0.00295. The number of hydrogen-bond donors (Lipinski definition) is 3. The lowest BCUT2D eigenvalue weighted by Gasteiger charge is -2.21. The number of benzene rings is 2. The number of aliphatic hydroxyl groups excluding tert-OH is 1. The van der Waals surface area contributed by atoms with E-state index in [1.165, 1.54) is 0 Å². The molecule has 0 amide bonds. The van der Waals surface area contributed by atoms with Gasteiger partial charge in [-0.3, -0.25) is 0 Å². The molecular formula is C22H25ClN4O. The van der Waals surface area contributed by atoms with E-state index < -0.39 is 0 Å². The molecule has 0 spiro atoms. The van der Waals surface area contributed by atoms with E-state index in [0.29, 0.717) is 16.8 Å². The second kappa shape index (κ2) is 9.04. The summed E-state index contributed by atoms with van der Waals surface area (Å²) in [5, 5.41) is 16.9. The zero-order valence-electron chi connectivity index (χ0n) is 16.3. The molecule has 2 aromatic carbocycles. The van der Waals surface area contributed by atoms with Crippen LogP contribution in [0.1, 0.15) is 19.4 Å². The fourth-order valence-electron chi connectivity index (χ4n) is 2.84. The first-order valence-corrected chi connectivity index (χ1v) is 9.69. The number of aliphatic hydroxyl groups is 1. The van der Waals surface area contributed by atoms with Crippen LogP contribution in [0.25, 0.3) is 11.3 Å². The number of rotatable bonds is 7. The van der Waals surface area contributed by atoms with Crippen molar-refractivity contribution in [2.45, 2.75) is 26.8 Å². The molecule has 146 valence electrons. The minimum Gasteiger partial charge on any atom is -0.394 e. The maximum Gasteiger partial charge on any atom is 0.225 e. The molecule has 6 heteroatoms. The highest BCUT2D eigenvalue weighted by Crippen LogP contribution is 2.30. The molecule has 28 heavy (non-hydrogen) atoms. The van der Waals surface area contributed by atoms with Crippen molar-refractivity contribution in [3.63, 3.8) is 0 Å². The molecule has 0 saturated carbocycles. The van der Waals surface area contributed by atoms with Crippen LogP contribution in [-0.4, -0.2) is 27.7 Å². The highest BCUT2D eigenvalue weighted by atomic mass is 35.5. The summed E-state index contributed by atoms with van der Waals surface area (Å²) in [6, 6.07) is 17.4. The van der Waals surface area contributed by atoms with Crippen molar-refractivity contribution in [3.8, 4) is 11.3 Å². The van der Waals surface area contributed by atoms with E-state index in [9.17, 15) is 5.11 Å². The Morgan fingerprint density at radius 1 is 1.04 bits per heavy atom. The van der Waals surface area contributed by atoms with Gasteiger partial charge < -0.3 is 15.7 Å². The van der Waals surface area contributed by atoms with Crippen LogP contribution in [0, 0.1) is 12.8 Å². The number of nitrogens with one attached hydrogen (secondary N) is 2. The predicted molar refractivity (Wildman–Crippen MR) is 116 cm³/mol. The molecule has 0 aliphatic rings. The van der Waals surface area contributed by atoms with Gasteiger partial charge in [0.15, 0.2) is 0 Å². The Hall–Kier alpha value is -2.63. The third-order valence-electron chi connectivity index (χ3n) is 4.59. The Morgan fingerprint density at radius 2 is 1.79 bits per heavy atom. The first kappa shape index (κ1) is 20.1. The molecule has 0 saturated heterocycles. The van der Waals surface area contributed by atoms with Gasteiger partial charge in [0.2, 0.25) is 5.95 Å². The van der Waals surface area contributed by atoms with Gasteiger partial charge in [-0.2, -0.15) is 4.98 Å². The summed E-state index contributed by atoms with van der Waals surface area (Å²) in [7, 11) is 0. The summed E-state index contributed by atoms with van der Waals surface area (Å²) in [4.78, 5) is 9.26. The van der Waals surface area contributed by atoms with Crippen LogP contribution in [0.3, 0.4) is 0 Å². The summed E-state index contributed by atoms with van der Waals surface area (Å²) in [5.74, 6) is 1.32. The molecule has 0 bridgehead atoms. The van der Waals surface area contributed by atoms with Crippen LogP contribution in [0.15, 0.2) is 54.6 Å². The van der Waals surface area contributed by atoms with Crippen LogP contribution in [0.4, 0.5) is 17.5 Å². The number of aryl methyl sites for hydroxylation is 1. The minimum atomic E-state index is -0.138. The molecule has 0 aliphatic heterocycles. The fourth-order valence-corrected chi connectivity index (χ4v) is 3.11. The first-order valence-electron chi connectivity index (χ1n) is 9.32. The van der Waals surface area contributed by atoms with Gasteiger partial charge in [-0.25, -0.2) is 4.98 Å². The van der Waals surface area contributed by atoms with Gasteiger partial charge in [-0.1, -0.05) is 67.9 Å². The number of para-hydroxylation sites is 1. The summed E-state index contributed by atoms with van der Waals surface area (Å²) in [6.07, 6.45) is 0. The van der Waals surface area contributed by atoms with Crippen LogP contribution >= 0.6 is 11.6 Å². The van der Waals surface area contributed by atoms with E-state index in [1.807, 2.05) is 75.4 Å². The van der Waals surface area contributed by atoms with Crippen molar-refractivity contribution in [1.29, 1.82) is 0 Å². The van der Waals surface area contributed by atoms with Gasteiger partial charge >= 0.3 is 0 Å². The number of aromatic nitrogens is 2. The molecular weight excluding hydrogens is 372 g/mol. The molecule has 5 nitrogen and oxygen atoms in total. The zero-order chi connectivity index (χ0) is 20.1.